The second-order valence-corrected chi connectivity index (χ2v) is 13.8. The molecule has 0 spiro atoms. The van der Waals surface area contributed by atoms with E-state index in [1.54, 1.807) is 0 Å². The highest BCUT2D eigenvalue weighted by Crippen LogP contribution is 2.34. The minimum atomic E-state index is -3.28. The van der Waals surface area contributed by atoms with Crippen LogP contribution in [0.5, 0.6) is 5.75 Å². The molecule has 7 nitrogen and oxygen atoms in total. The fourth-order valence-corrected chi connectivity index (χ4v) is 4.55. The Kier molecular flexibility index (Phi) is 15.3. The molecule has 9 heteroatoms. The zero-order chi connectivity index (χ0) is 27.7. The van der Waals surface area contributed by atoms with Crippen LogP contribution in [-0.4, -0.2) is 50.3 Å². The van der Waals surface area contributed by atoms with Gasteiger partial charge in [0.15, 0.2) is 15.8 Å². The zero-order valence-electron chi connectivity index (χ0n) is 24.0. The first-order valence-corrected chi connectivity index (χ1v) is 15.3. The van der Waals surface area contributed by atoms with E-state index in [1.165, 1.54) is 0 Å². The summed E-state index contributed by atoms with van der Waals surface area (Å²) in [5.74, 6) is 0.386. The van der Waals surface area contributed by atoms with Crippen molar-refractivity contribution in [2.24, 2.45) is 23.5 Å². The number of halogens is 1. The maximum atomic E-state index is 12.3. The van der Waals surface area contributed by atoms with Gasteiger partial charge in [0.2, 0.25) is 5.91 Å². The van der Waals surface area contributed by atoms with Gasteiger partial charge in [0.1, 0.15) is 5.75 Å². The molecule has 0 aromatic heterocycles. The fraction of sp³-hybridized carbons (Fsp3) is 0.750. The van der Waals surface area contributed by atoms with Gasteiger partial charge in [-0.2, -0.15) is 0 Å². The van der Waals surface area contributed by atoms with E-state index in [4.69, 9.17) is 10.5 Å². The molecular formula is C28H51ClN2O5S. The van der Waals surface area contributed by atoms with Gasteiger partial charge in [0, 0.05) is 24.8 Å². The quantitative estimate of drug-likeness (QED) is 0.268. The SMILES string of the molecule is CCCCNC(=O)[C@H](C)C[C@H](O)[C@@H](N)C[C@H](Cc1ccc(C(C)(C)C)c(OCS(C)(=O)=O)c1)C(C)C.Cl. The number of sulfone groups is 1. The van der Waals surface area contributed by atoms with Gasteiger partial charge in [0.25, 0.3) is 0 Å². The van der Waals surface area contributed by atoms with E-state index in [2.05, 4.69) is 52.9 Å². The van der Waals surface area contributed by atoms with Crippen LogP contribution in [0.25, 0.3) is 0 Å². The van der Waals surface area contributed by atoms with Crippen molar-refractivity contribution in [1.29, 1.82) is 0 Å². The predicted octanol–water partition coefficient (Wildman–Crippen LogP) is 4.62. The van der Waals surface area contributed by atoms with Crippen LogP contribution in [-0.2, 0) is 26.5 Å². The molecule has 1 amide bonds. The van der Waals surface area contributed by atoms with E-state index in [-0.39, 0.29) is 41.5 Å². The summed E-state index contributed by atoms with van der Waals surface area (Å²) in [6, 6.07) is 5.57. The number of aliphatic hydroxyl groups excluding tert-OH is 1. The molecule has 1 aromatic rings. The van der Waals surface area contributed by atoms with Crippen LogP contribution >= 0.6 is 12.4 Å². The number of nitrogens with one attached hydrogen (secondary N) is 1. The van der Waals surface area contributed by atoms with Gasteiger partial charge in [-0.15, -0.1) is 12.4 Å². The van der Waals surface area contributed by atoms with E-state index in [1.807, 2.05) is 19.1 Å². The second kappa shape index (κ2) is 15.9. The number of benzene rings is 1. The maximum absolute atomic E-state index is 12.3. The lowest BCUT2D eigenvalue weighted by Gasteiger charge is -2.29. The van der Waals surface area contributed by atoms with Gasteiger partial charge in [0.05, 0.1) is 6.10 Å². The standard InChI is InChI=1S/C28H50N2O5S.ClH/c1-9-10-13-30-27(32)20(4)14-25(31)24(29)17-22(19(2)3)15-21-11-12-23(28(5,6)7)26(16-21)35-18-36(8,33)34;/h11-12,16,19-20,22,24-25,31H,9-10,13-15,17-18,29H2,1-8H3,(H,30,32);1H/t20-,22+,24+,25+;/m1./s1. The molecule has 1 aromatic carbocycles. The highest BCUT2D eigenvalue weighted by Gasteiger charge is 2.27. The molecule has 37 heavy (non-hydrogen) atoms. The third kappa shape index (κ3) is 13.3. The Hall–Kier alpha value is -1.35. The van der Waals surface area contributed by atoms with Crippen LogP contribution in [0, 0.1) is 17.8 Å². The highest BCUT2D eigenvalue weighted by atomic mass is 35.5. The van der Waals surface area contributed by atoms with Crippen molar-refractivity contribution < 1.29 is 23.1 Å². The lowest BCUT2D eigenvalue weighted by atomic mass is 9.81. The number of carbonyl (C=O) groups is 1. The van der Waals surface area contributed by atoms with Crippen LogP contribution in [0.15, 0.2) is 18.2 Å². The number of aliphatic hydroxyl groups is 1. The molecule has 0 aliphatic rings. The van der Waals surface area contributed by atoms with E-state index in [0.29, 0.717) is 31.1 Å². The summed E-state index contributed by atoms with van der Waals surface area (Å²) in [4.78, 5) is 12.3. The number of rotatable bonds is 15. The average molecular weight is 563 g/mol. The molecule has 0 heterocycles. The summed E-state index contributed by atoms with van der Waals surface area (Å²) in [5, 5.41) is 13.7. The number of carbonyl (C=O) groups excluding carboxylic acids is 1. The number of nitrogens with two attached hydrogens (primary N) is 1. The third-order valence-corrected chi connectivity index (χ3v) is 7.21. The molecule has 0 aliphatic carbocycles. The molecule has 1 rings (SSSR count). The topological polar surface area (TPSA) is 119 Å². The molecular weight excluding hydrogens is 512 g/mol. The first-order chi connectivity index (χ1) is 16.5. The van der Waals surface area contributed by atoms with E-state index >= 15 is 0 Å². The molecule has 0 radical (unpaired) electrons. The molecule has 0 bridgehead atoms. The van der Waals surface area contributed by atoms with Gasteiger partial charge in [-0.05, 0) is 60.1 Å². The minimum Gasteiger partial charge on any atom is -0.477 e. The van der Waals surface area contributed by atoms with E-state index in [0.717, 1.165) is 36.6 Å². The minimum absolute atomic E-state index is 0. The summed E-state index contributed by atoms with van der Waals surface area (Å²) in [7, 11) is -3.28. The Bertz CT molecular complexity index is 931. The van der Waals surface area contributed by atoms with Crippen molar-refractivity contribution in [3.05, 3.63) is 29.3 Å². The van der Waals surface area contributed by atoms with Gasteiger partial charge < -0.3 is 20.9 Å². The molecule has 0 saturated carbocycles. The fourth-order valence-electron chi connectivity index (χ4n) is 4.21. The number of hydrogen-bond acceptors (Lipinski definition) is 6. The molecule has 216 valence electrons. The third-order valence-electron chi connectivity index (χ3n) is 6.66. The van der Waals surface area contributed by atoms with Gasteiger partial charge >= 0.3 is 0 Å². The first kappa shape index (κ1) is 35.6. The largest absolute Gasteiger partial charge is 0.477 e. The lowest BCUT2D eigenvalue weighted by Crippen LogP contribution is -2.41. The maximum Gasteiger partial charge on any atom is 0.222 e. The monoisotopic (exact) mass is 562 g/mol. The van der Waals surface area contributed by atoms with Crippen LogP contribution < -0.4 is 15.8 Å². The number of unbranched alkanes of at least 4 members (excludes halogenated alkanes) is 1. The highest BCUT2D eigenvalue weighted by molar-refractivity contribution is 7.90. The summed E-state index contributed by atoms with van der Waals surface area (Å²) in [6.07, 6.45) is 4.01. The summed E-state index contributed by atoms with van der Waals surface area (Å²) < 4.78 is 29.1. The molecule has 0 aliphatic heterocycles. The van der Waals surface area contributed by atoms with Crippen LogP contribution in [0.1, 0.15) is 85.3 Å². The van der Waals surface area contributed by atoms with Crippen LogP contribution in [0.3, 0.4) is 0 Å². The molecule has 4 N–H and O–H groups in total. The molecule has 0 fully saturated rings. The lowest BCUT2D eigenvalue weighted by molar-refractivity contribution is -0.125. The Morgan fingerprint density at radius 1 is 1.16 bits per heavy atom. The molecule has 4 atom stereocenters. The predicted molar refractivity (Wildman–Crippen MR) is 155 cm³/mol. The van der Waals surface area contributed by atoms with E-state index < -0.39 is 22.0 Å². The van der Waals surface area contributed by atoms with Gasteiger partial charge in [-0.25, -0.2) is 8.42 Å². The normalized spacial score (nSPS) is 15.4. The van der Waals surface area contributed by atoms with Crippen molar-refractivity contribution in [1.82, 2.24) is 5.32 Å². The van der Waals surface area contributed by atoms with Crippen LogP contribution in [0.2, 0.25) is 0 Å². The van der Waals surface area contributed by atoms with Gasteiger partial charge in [-0.1, -0.05) is 67.0 Å². The number of ether oxygens (including phenoxy) is 1. The Labute approximate surface area is 231 Å². The van der Waals surface area contributed by atoms with Crippen molar-refractivity contribution in [2.45, 2.75) is 98.1 Å². The Balaban J connectivity index is 0.0000130. The first-order valence-electron chi connectivity index (χ1n) is 13.2. The van der Waals surface area contributed by atoms with Crippen LogP contribution in [0.4, 0.5) is 0 Å². The number of amides is 1. The summed E-state index contributed by atoms with van der Waals surface area (Å²) in [6.45, 7) is 15.0. The zero-order valence-corrected chi connectivity index (χ0v) is 25.7. The van der Waals surface area contributed by atoms with E-state index in [9.17, 15) is 18.3 Å². The van der Waals surface area contributed by atoms with Crippen molar-refractivity contribution >= 4 is 28.2 Å². The average Bonchev–Trinajstić information content (AvgIpc) is 2.75. The van der Waals surface area contributed by atoms with Crippen molar-refractivity contribution in [2.75, 3.05) is 18.7 Å². The summed E-state index contributed by atoms with van der Waals surface area (Å²) in [5.41, 5.74) is 8.20. The Morgan fingerprint density at radius 2 is 1.78 bits per heavy atom. The van der Waals surface area contributed by atoms with Crippen molar-refractivity contribution in [3.8, 4) is 5.75 Å². The Morgan fingerprint density at radius 3 is 2.30 bits per heavy atom. The molecule has 0 saturated heterocycles. The van der Waals surface area contributed by atoms with Gasteiger partial charge in [-0.3, -0.25) is 4.79 Å². The molecule has 0 unspecified atom stereocenters. The second-order valence-electron chi connectivity index (χ2n) is 11.7. The number of hydrogen-bond donors (Lipinski definition) is 3. The smallest absolute Gasteiger partial charge is 0.222 e. The summed E-state index contributed by atoms with van der Waals surface area (Å²) >= 11 is 0. The van der Waals surface area contributed by atoms with Crippen molar-refractivity contribution in [3.63, 3.8) is 0 Å².